The van der Waals surface area contributed by atoms with Crippen molar-refractivity contribution in [1.82, 2.24) is 14.6 Å². The van der Waals surface area contributed by atoms with Crippen molar-refractivity contribution in [2.45, 2.75) is 6.18 Å². The molecule has 0 bridgehead atoms. The standard InChI is InChI=1S/C16H11F3N4O4S/c1-26-14(25)11(22-27-2)10-7-23-15(28-10)20-13(21-23)12(24)8-3-5-9(6-4-8)16(17,18)19/h3-7H,1-2H3/b22-11-. The number of rotatable bonds is 5. The van der Waals surface area contributed by atoms with Crippen molar-refractivity contribution in [1.29, 1.82) is 0 Å². The summed E-state index contributed by atoms with van der Waals surface area (Å²) in [6, 6.07) is 3.75. The van der Waals surface area contributed by atoms with Gasteiger partial charge in [0.25, 0.3) is 0 Å². The second kappa shape index (κ2) is 7.38. The molecule has 0 spiro atoms. The molecule has 0 aliphatic heterocycles. The lowest BCUT2D eigenvalue weighted by Gasteiger charge is -2.06. The second-order valence-electron chi connectivity index (χ2n) is 5.28. The van der Waals surface area contributed by atoms with Crippen LogP contribution in [0.25, 0.3) is 4.96 Å². The molecule has 3 rings (SSSR count). The van der Waals surface area contributed by atoms with Gasteiger partial charge in [-0.25, -0.2) is 9.31 Å². The van der Waals surface area contributed by atoms with Crippen LogP contribution in [-0.2, 0) is 20.5 Å². The van der Waals surface area contributed by atoms with E-state index in [0.29, 0.717) is 4.88 Å². The third kappa shape index (κ3) is 3.71. The average molecular weight is 412 g/mol. The lowest BCUT2D eigenvalue weighted by Crippen LogP contribution is -2.16. The molecule has 0 atom stereocenters. The van der Waals surface area contributed by atoms with Gasteiger partial charge in [0.1, 0.15) is 7.11 Å². The Morgan fingerprint density at radius 2 is 1.86 bits per heavy atom. The molecule has 12 heteroatoms. The predicted molar refractivity (Wildman–Crippen MR) is 91.3 cm³/mol. The number of esters is 1. The second-order valence-corrected chi connectivity index (χ2v) is 6.29. The van der Waals surface area contributed by atoms with E-state index in [1.54, 1.807) is 0 Å². The highest BCUT2D eigenvalue weighted by molar-refractivity contribution is 7.19. The topological polar surface area (TPSA) is 95.1 Å². The number of fused-ring (bicyclic) bond motifs is 1. The van der Waals surface area contributed by atoms with Crippen molar-refractivity contribution in [3.05, 3.63) is 52.3 Å². The number of ketones is 1. The molecule has 0 aliphatic rings. The fourth-order valence-electron chi connectivity index (χ4n) is 2.21. The molecule has 0 fully saturated rings. The largest absolute Gasteiger partial charge is 0.464 e. The van der Waals surface area contributed by atoms with E-state index < -0.39 is 23.5 Å². The fraction of sp³-hybridized carbons (Fsp3) is 0.188. The Labute approximate surface area is 159 Å². The lowest BCUT2D eigenvalue weighted by molar-refractivity contribution is -0.137. The third-order valence-corrected chi connectivity index (χ3v) is 4.49. The molecule has 0 amide bonds. The van der Waals surface area contributed by atoms with E-state index in [2.05, 4.69) is 24.8 Å². The Kier molecular flexibility index (Phi) is 5.14. The fourth-order valence-corrected chi connectivity index (χ4v) is 3.10. The van der Waals surface area contributed by atoms with Crippen molar-refractivity contribution >= 4 is 33.8 Å². The first kappa shape index (κ1) is 19.5. The molecule has 0 unspecified atom stereocenters. The SMILES string of the molecule is CO/N=C(\C(=O)OC)c1cn2nc(C(=O)c3ccc(C(F)(F)F)cc3)nc2s1. The van der Waals surface area contributed by atoms with E-state index in [-0.39, 0.29) is 22.1 Å². The molecular weight excluding hydrogens is 401 g/mol. The molecule has 28 heavy (non-hydrogen) atoms. The van der Waals surface area contributed by atoms with Gasteiger partial charge in [0.2, 0.25) is 22.3 Å². The number of carbonyl (C=O) groups excluding carboxylic acids is 2. The summed E-state index contributed by atoms with van der Waals surface area (Å²) in [5, 5.41) is 7.60. The van der Waals surface area contributed by atoms with E-state index >= 15 is 0 Å². The van der Waals surface area contributed by atoms with E-state index in [1.807, 2.05) is 0 Å². The van der Waals surface area contributed by atoms with Crippen molar-refractivity contribution in [3.63, 3.8) is 0 Å². The summed E-state index contributed by atoms with van der Waals surface area (Å²) in [5.41, 5.74) is -0.944. The van der Waals surface area contributed by atoms with Crippen molar-refractivity contribution in [2.24, 2.45) is 5.16 Å². The number of carbonyl (C=O) groups is 2. The minimum atomic E-state index is -4.49. The molecule has 0 N–H and O–H groups in total. The summed E-state index contributed by atoms with van der Waals surface area (Å²) in [6.07, 6.45) is -3.08. The summed E-state index contributed by atoms with van der Waals surface area (Å²) in [4.78, 5) is 33.5. The lowest BCUT2D eigenvalue weighted by atomic mass is 10.1. The van der Waals surface area contributed by atoms with Crippen molar-refractivity contribution < 1.29 is 32.3 Å². The molecular formula is C16H11F3N4O4S. The number of hydrogen-bond donors (Lipinski definition) is 0. The maximum absolute atomic E-state index is 12.6. The first-order chi connectivity index (χ1) is 13.2. The first-order valence-electron chi connectivity index (χ1n) is 7.52. The molecule has 146 valence electrons. The average Bonchev–Trinajstić information content (AvgIpc) is 3.23. The summed E-state index contributed by atoms with van der Waals surface area (Å²) in [7, 11) is 2.45. The van der Waals surface area contributed by atoms with Crippen LogP contribution in [0.15, 0.2) is 35.6 Å². The van der Waals surface area contributed by atoms with Gasteiger partial charge in [0.15, 0.2) is 0 Å². The Balaban J connectivity index is 1.89. The zero-order valence-corrected chi connectivity index (χ0v) is 15.2. The molecule has 0 saturated heterocycles. The van der Waals surface area contributed by atoms with Crippen molar-refractivity contribution in [2.75, 3.05) is 14.2 Å². The Morgan fingerprint density at radius 3 is 2.39 bits per heavy atom. The highest BCUT2D eigenvalue weighted by atomic mass is 32.1. The molecule has 3 aromatic rings. The summed E-state index contributed by atoms with van der Waals surface area (Å²) in [6.45, 7) is 0. The van der Waals surface area contributed by atoms with E-state index in [1.165, 1.54) is 24.9 Å². The van der Waals surface area contributed by atoms with Crippen LogP contribution in [0.3, 0.4) is 0 Å². The van der Waals surface area contributed by atoms with Gasteiger partial charge in [-0.05, 0) is 12.1 Å². The van der Waals surface area contributed by atoms with Crippen LogP contribution in [-0.4, -0.2) is 46.3 Å². The normalized spacial score (nSPS) is 12.2. The van der Waals surface area contributed by atoms with Gasteiger partial charge in [-0.1, -0.05) is 28.6 Å². The minimum absolute atomic E-state index is 0.0164. The summed E-state index contributed by atoms with van der Waals surface area (Å²) in [5.74, 6) is -1.56. The molecule has 2 aromatic heterocycles. The zero-order valence-electron chi connectivity index (χ0n) is 14.4. The monoisotopic (exact) mass is 412 g/mol. The molecule has 1 aromatic carbocycles. The van der Waals surface area contributed by atoms with E-state index in [9.17, 15) is 22.8 Å². The van der Waals surface area contributed by atoms with Gasteiger partial charge in [0.05, 0.1) is 23.7 Å². The van der Waals surface area contributed by atoms with Gasteiger partial charge in [-0.2, -0.15) is 18.2 Å². The molecule has 0 aliphatic carbocycles. The number of nitrogens with zero attached hydrogens (tertiary/aromatic N) is 4. The molecule has 2 heterocycles. The number of benzene rings is 1. The highest BCUT2D eigenvalue weighted by Gasteiger charge is 2.30. The number of alkyl halides is 3. The third-order valence-electron chi connectivity index (χ3n) is 3.51. The molecule has 0 saturated carbocycles. The van der Waals surface area contributed by atoms with Crippen molar-refractivity contribution in [3.8, 4) is 0 Å². The smallest absolute Gasteiger partial charge is 0.416 e. The molecule has 0 radical (unpaired) electrons. The predicted octanol–water partition coefficient (Wildman–Crippen LogP) is 2.56. The molecule has 8 nitrogen and oxygen atoms in total. The Morgan fingerprint density at radius 1 is 1.18 bits per heavy atom. The van der Waals surface area contributed by atoms with Gasteiger partial charge < -0.3 is 9.57 Å². The summed E-state index contributed by atoms with van der Waals surface area (Å²) >= 11 is 1.01. The number of ether oxygens (including phenoxy) is 1. The number of halogens is 3. The van der Waals surface area contributed by atoms with Gasteiger partial charge >= 0.3 is 12.1 Å². The van der Waals surface area contributed by atoms with Crippen LogP contribution in [0.2, 0.25) is 0 Å². The minimum Gasteiger partial charge on any atom is -0.464 e. The van der Waals surface area contributed by atoms with Crippen LogP contribution in [0.4, 0.5) is 13.2 Å². The Hall–Kier alpha value is -3.28. The van der Waals surface area contributed by atoms with Crippen LogP contribution in [0.1, 0.15) is 26.6 Å². The number of thiazole rings is 1. The number of methoxy groups -OCH3 is 1. The summed E-state index contributed by atoms with van der Waals surface area (Å²) < 4.78 is 43.7. The quantitative estimate of drug-likeness (QED) is 0.277. The Bertz CT molecular complexity index is 1040. The number of oxime groups is 1. The van der Waals surface area contributed by atoms with E-state index in [4.69, 9.17) is 0 Å². The van der Waals surface area contributed by atoms with Gasteiger partial charge in [-0.15, -0.1) is 5.10 Å². The maximum Gasteiger partial charge on any atom is 0.416 e. The highest BCUT2D eigenvalue weighted by Crippen LogP contribution is 2.29. The number of hydrogen-bond acceptors (Lipinski definition) is 8. The van der Waals surface area contributed by atoms with Crippen LogP contribution in [0, 0.1) is 0 Å². The van der Waals surface area contributed by atoms with Crippen LogP contribution < -0.4 is 0 Å². The van der Waals surface area contributed by atoms with Crippen LogP contribution in [0.5, 0.6) is 0 Å². The van der Waals surface area contributed by atoms with Gasteiger partial charge in [0, 0.05) is 5.56 Å². The first-order valence-corrected chi connectivity index (χ1v) is 8.34. The van der Waals surface area contributed by atoms with Crippen LogP contribution >= 0.6 is 11.3 Å². The number of aromatic nitrogens is 3. The van der Waals surface area contributed by atoms with Gasteiger partial charge in [-0.3, -0.25) is 4.79 Å². The zero-order chi connectivity index (χ0) is 20.5. The maximum atomic E-state index is 12.6. The van der Waals surface area contributed by atoms with E-state index in [0.717, 1.165) is 35.6 Å².